The minimum absolute atomic E-state index is 0.318. The highest BCUT2D eigenvalue weighted by molar-refractivity contribution is 5.17. The molecule has 3 N–H and O–H groups in total. The molecule has 0 saturated heterocycles. The Hall–Kier alpha value is -0.790. The summed E-state index contributed by atoms with van der Waals surface area (Å²) in [6, 6.07) is 0. The van der Waals surface area contributed by atoms with Gasteiger partial charge in [-0.15, -0.1) is 0 Å². The lowest BCUT2D eigenvalue weighted by atomic mass is 9.99. The van der Waals surface area contributed by atoms with E-state index in [1.54, 1.807) is 0 Å². The number of halogens is 3. The van der Waals surface area contributed by atoms with Crippen LogP contribution in [0.2, 0.25) is 0 Å². The monoisotopic (exact) mass is 214 g/mol. The van der Waals surface area contributed by atoms with E-state index in [4.69, 9.17) is 15.3 Å². The highest BCUT2D eigenvalue weighted by Crippen LogP contribution is 2.33. The van der Waals surface area contributed by atoms with Gasteiger partial charge in [0.2, 0.25) is 0 Å². The molecule has 0 spiro atoms. The van der Waals surface area contributed by atoms with Crippen molar-refractivity contribution in [1.29, 1.82) is 0 Å². The first-order valence-electron chi connectivity index (χ1n) is 3.77. The molecule has 14 heavy (non-hydrogen) atoms. The molecule has 1 unspecified atom stereocenters. The average Bonchev–Trinajstić information content (AvgIpc) is 2.07. The van der Waals surface area contributed by atoms with Gasteiger partial charge in [-0.3, -0.25) is 0 Å². The van der Waals surface area contributed by atoms with Crippen molar-refractivity contribution >= 4 is 0 Å². The summed E-state index contributed by atoms with van der Waals surface area (Å²) in [5.74, 6) is 0. The normalized spacial score (nSPS) is 33.6. The summed E-state index contributed by atoms with van der Waals surface area (Å²) < 4.78 is 40.7. The van der Waals surface area contributed by atoms with Gasteiger partial charge < -0.3 is 20.1 Å². The number of alkyl halides is 3. The molecule has 0 fully saturated rings. The third-order valence-corrected chi connectivity index (χ3v) is 1.90. The van der Waals surface area contributed by atoms with Crippen LogP contribution in [-0.2, 0) is 4.74 Å². The van der Waals surface area contributed by atoms with Crippen molar-refractivity contribution in [1.82, 2.24) is 0 Å². The van der Waals surface area contributed by atoms with Crippen molar-refractivity contribution in [3.05, 3.63) is 11.8 Å². The van der Waals surface area contributed by atoms with Crippen molar-refractivity contribution in [2.24, 2.45) is 0 Å². The molecule has 0 amide bonds. The third-order valence-electron chi connectivity index (χ3n) is 1.90. The number of hydrogen-bond donors (Lipinski definition) is 3. The highest BCUT2D eigenvalue weighted by Gasteiger charge is 2.46. The predicted octanol–water partition coefficient (Wildman–Crippen LogP) is -0.455. The van der Waals surface area contributed by atoms with Gasteiger partial charge in [0.1, 0.15) is 18.3 Å². The summed E-state index contributed by atoms with van der Waals surface area (Å²) in [5.41, 5.74) is -1.35. The summed E-state index contributed by atoms with van der Waals surface area (Å²) in [6.07, 6.45) is -9.52. The van der Waals surface area contributed by atoms with Crippen LogP contribution in [0.5, 0.6) is 0 Å². The second-order valence-electron chi connectivity index (χ2n) is 2.86. The molecule has 82 valence electrons. The number of rotatable bonds is 1. The Labute approximate surface area is 77.2 Å². The fourth-order valence-electron chi connectivity index (χ4n) is 1.08. The molecule has 0 aromatic heterocycles. The summed E-state index contributed by atoms with van der Waals surface area (Å²) in [6.45, 7) is -0.667. The Kier molecular flexibility index (Phi) is 3.03. The van der Waals surface area contributed by atoms with E-state index in [2.05, 4.69) is 4.74 Å². The summed E-state index contributed by atoms with van der Waals surface area (Å²) in [5, 5.41) is 26.7. The number of hydrogen-bond acceptors (Lipinski definition) is 4. The van der Waals surface area contributed by atoms with Crippen LogP contribution < -0.4 is 0 Å². The Morgan fingerprint density at radius 3 is 2.36 bits per heavy atom. The van der Waals surface area contributed by atoms with E-state index in [9.17, 15) is 13.2 Å². The zero-order valence-corrected chi connectivity index (χ0v) is 6.90. The smallest absolute Gasteiger partial charge is 0.418 e. The number of ether oxygens (including phenoxy) is 1. The molecule has 1 rings (SSSR count). The summed E-state index contributed by atoms with van der Waals surface area (Å²) >= 11 is 0. The van der Waals surface area contributed by atoms with Crippen LogP contribution in [-0.4, -0.2) is 46.4 Å². The fourth-order valence-corrected chi connectivity index (χ4v) is 1.08. The van der Waals surface area contributed by atoms with Crippen molar-refractivity contribution in [2.75, 3.05) is 6.61 Å². The zero-order chi connectivity index (χ0) is 10.9. The van der Waals surface area contributed by atoms with Crippen LogP contribution >= 0.6 is 0 Å². The first-order chi connectivity index (χ1) is 6.38. The Morgan fingerprint density at radius 2 is 1.93 bits per heavy atom. The minimum Gasteiger partial charge on any atom is -0.492 e. The predicted molar refractivity (Wildman–Crippen MR) is 38.1 cm³/mol. The molecule has 0 aliphatic carbocycles. The summed E-state index contributed by atoms with van der Waals surface area (Å²) in [4.78, 5) is 0. The Morgan fingerprint density at radius 1 is 1.36 bits per heavy atom. The molecule has 0 radical (unpaired) electrons. The van der Waals surface area contributed by atoms with Crippen LogP contribution in [0.25, 0.3) is 0 Å². The molecule has 1 aliphatic rings. The van der Waals surface area contributed by atoms with Crippen LogP contribution in [0.1, 0.15) is 0 Å². The molecule has 0 aromatic rings. The van der Waals surface area contributed by atoms with Gasteiger partial charge in [-0.05, 0) is 0 Å². The molecular weight excluding hydrogens is 205 g/mol. The molecule has 0 saturated carbocycles. The first-order valence-corrected chi connectivity index (χ1v) is 3.77. The lowest BCUT2D eigenvalue weighted by molar-refractivity contribution is -0.147. The number of aliphatic hydroxyl groups is 3. The van der Waals surface area contributed by atoms with Gasteiger partial charge in [0.05, 0.1) is 18.4 Å². The molecule has 0 aromatic carbocycles. The fraction of sp³-hybridized carbons (Fsp3) is 0.714. The van der Waals surface area contributed by atoms with E-state index in [0.717, 1.165) is 0 Å². The maximum absolute atomic E-state index is 12.1. The Bertz CT molecular complexity index is 238. The van der Waals surface area contributed by atoms with Crippen molar-refractivity contribution in [3.8, 4) is 0 Å². The largest absolute Gasteiger partial charge is 0.492 e. The van der Waals surface area contributed by atoms with Crippen molar-refractivity contribution in [3.63, 3.8) is 0 Å². The van der Waals surface area contributed by atoms with Gasteiger partial charge in [0.25, 0.3) is 0 Å². The van der Waals surface area contributed by atoms with Crippen LogP contribution in [0.15, 0.2) is 11.8 Å². The lowest BCUT2D eigenvalue weighted by Crippen LogP contribution is -2.47. The second kappa shape index (κ2) is 3.76. The molecule has 0 bridgehead atoms. The Balaban J connectivity index is 2.87. The zero-order valence-electron chi connectivity index (χ0n) is 6.90. The van der Waals surface area contributed by atoms with E-state index in [-0.39, 0.29) is 0 Å². The SMILES string of the molecule is OC[C@H]1OC=C(C(F)(F)F)C(O)[C@H]1O. The van der Waals surface area contributed by atoms with E-state index in [0.29, 0.717) is 6.26 Å². The standard InChI is InChI=1S/C7H9F3O4/c8-7(9,10)3-2-14-4(1-11)6(13)5(3)12/h2,4-6,11-13H,1H2/t4-,5?,6+/m1/s1. The maximum Gasteiger partial charge on any atom is 0.418 e. The van der Waals surface area contributed by atoms with E-state index in [1.165, 1.54) is 0 Å². The summed E-state index contributed by atoms with van der Waals surface area (Å²) in [7, 11) is 0. The molecule has 4 nitrogen and oxygen atoms in total. The van der Waals surface area contributed by atoms with E-state index in [1.807, 2.05) is 0 Å². The van der Waals surface area contributed by atoms with Gasteiger partial charge >= 0.3 is 6.18 Å². The maximum atomic E-state index is 12.1. The van der Waals surface area contributed by atoms with E-state index < -0.39 is 36.7 Å². The average molecular weight is 214 g/mol. The molecule has 3 atom stereocenters. The van der Waals surface area contributed by atoms with Crippen molar-refractivity contribution < 1.29 is 33.2 Å². The van der Waals surface area contributed by atoms with Crippen LogP contribution in [0, 0.1) is 0 Å². The molecule has 1 aliphatic heterocycles. The quantitative estimate of drug-likeness (QED) is 0.552. The molecule has 1 heterocycles. The molecular formula is C7H9F3O4. The molecule has 7 heteroatoms. The third kappa shape index (κ3) is 1.99. The lowest BCUT2D eigenvalue weighted by Gasteiger charge is -2.31. The topological polar surface area (TPSA) is 69.9 Å². The van der Waals surface area contributed by atoms with Gasteiger partial charge in [-0.25, -0.2) is 0 Å². The van der Waals surface area contributed by atoms with Crippen LogP contribution in [0.3, 0.4) is 0 Å². The first kappa shape index (κ1) is 11.3. The van der Waals surface area contributed by atoms with Crippen molar-refractivity contribution in [2.45, 2.75) is 24.5 Å². The van der Waals surface area contributed by atoms with Gasteiger partial charge in [0.15, 0.2) is 0 Å². The van der Waals surface area contributed by atoms with E-state index >= 15 is 0 Å². The van der Waals surface area contributed by atoms with Gasteiger partial charge in [-0.1, -0.05) is 0 Å². The highest BCUT2D eigenvalue weighted by atomic mass is 19.4. The number of aliphatic hydroxyl groups excluding tert-OH is 3. The van der Waals surface area contributed by atoms with Gasteiger partial charge in [0, 0.05) is 0 Å². The van der Waals surface area contributed by atoms with Crippen LogP contribution in [0.4, 0.5) is 13.2 Å². The minimum atomic E-state index is -4.75. The van der Waals surface area contributed by atoms with Gasteiger partial charge in [-0.2, -0.15) is 13.2 Å². The second-order valence-corrected chi connectivity index (χ2v) is 2.86.